The summed E-state index contributed by atoms with van der Waals surface area (Å²) in [6.45, 7) is 0. The van der Waals surface area contributed by atoms with Crippen LogP contribution in [0, 0.1) is 5.92 Å². The van der Waals surface area contributed by atoms with Crippen LogP contribution in [0.3, 0.4) is 0 Å². The van der Waals surface area contributed by atoms with Gasteiger partial charge < -0.3 is 5.32 Å². The van der Waals surface area contributed by atoms with Gasteiger partial charge in [-0.3, -0.25) is 0 Å². The molecule has 1 aromatic rings. The lowest BCUT2D eigenvalue weighted by Gasteiger charge is -2.52. The number of anilines is 1. The van der Waals surface area contributed by atoms with E-state index in [1.54, 1.807) is 0 Å². The zero-order valence-electron chi connectivity index (χ0n) is 15.0. The number of fused-ring (bicyclic) bond motifs is 4. The SMILES string of the molecule is C1CCC(c2nc3n(n2)C2(CCCCC2)C2CCCCC2N3)CC1. The van der Waals surface area contributed by atoms with Crippen LogP contribution < -0.4 is 5.32 Å². The van der Waals surface area contributed by atoms with E-state index < -0.39 is 0 Å². The second kappa shape index (κ2) is 6.03. The fourth-order valence-electron chi connectivity index (χ4n) is 6.28. The molecular weight excluding hydrogens is 296 g/mol. The highest BCUT2D eigenvalue weighted by Gasteiger charge is 2.51. The summed E-state index contributed by atoms with van der Waals surface area (Å²) in [4.78, 5) is 5.06. The molecule has 0 aromatic carbocycles. The fraction of sp³-hybridized carbons (Fsp3) is 0.900. The number of nitrogens with one attached hydrogen (secondary N) is 1. The first-order valence-corrected chi connectivity index (χ1v) is 10.6. The van der Waals surface area contributed by atoms with Crippen LogP contribution in [0.1, 0.15) is 102 Å². The van der Waals surface area contributed by atoms with E-state index in [1.807, 2.05) is 0 Å². The van der Waals surface area contributed by atoms with E-state index in [9.17, 15) is 0 Å². The minimum Gasteiger partial charge on any atom is -0.351 e. The summed E-state index contributed by atoms with van der Waals surface area (Å²) in [6.07, 6.45) is 19.0. The third-order valence-corrected chi connectivity index (χ3v) is 7.51. The highest BCUT2D eigenvalue weighted by molar-refractivity contribution is 5.35. The molecule has 2 unspecified atom stereocenters. The van der Waals surface area contributed by atoms with E-state index in [4.69, 9.17) is 10.1 Å². The summed E-state index contributed by atoms with van der Waals surface area (Å²) in [5.74, 6) is 3.66. The van der Waals surface area contributed by atoms with E-state index in [-0.39, 0.29) is 5.54 Å². The van der Waals surface area contributed by atoms with Gasteiger partial charge in [-0.15, -0.1) is 0 Å². The monoisotopic (exact) mass is 328 g/mol. The molecule has 0 radical (unpaired) electrons. The molecule has 2 heterocycles. The molecule has 0 saturated heterocycles. The van der Waals surface area contributed by atoms with Gasteiger partial charge in [-0.1, -0.05) is 51.4 Å². The summed E-state index contributed by atoms with van der Waals surface area (Å²) in [5.41, 5.74) is 0.282. The molecule has 4 nitrogen and oxygen atoms in total. The standard InChI is InChI=1S/C20H32N4/c1-3-9-15(10-4-1)18-22-19-21-17-12-6-5-11-16(17)20(24(19)23-18)13-7-2-8-14-20/h15-17H,1-14H2,(H,21,22,23). The van der Waals surface area contributed by atoms with Crippen LogP contribution in [0.2, 0.25) is 0 Å². The zero-order valence-corrected chi connectivity index (χ0v) is 15.0. The van der Waals surface area contributed by atoms with Crippen LogP contribution >= 0.6 is 0 Å². The first kappa shape index (κ1) is 15.2. The van der Waals surface area contributed by atoms with Crippen LogP contribution in [0.4, 0.5) is 5.95 Å². The van der Waals surface area contributed by atoms with Crippen molar-refractivity contribution in [2.24, 2.45) is 5.92 Å². The molecule has 3 fully saturated rings. The topological polar surface area (TPSA) is 42.7 Å². The summed E-state index contributed by atoms with van der Waals surface area (Å²) >= 11 is 0. The Morgan fingerprint density at radius 1 is 0.833 bits per heavy atom. The maximum absolute atomic E-state index is 5.19. The molecular formula is C20H32N4. The van der Waals surface area contributed by atoms with E-state index in [2.05, 4.69) is 10.00 Å². The van der Waals surface area contributed by atoms with Crippen molar-refractivity contribution in [3.05, 3.63) is 5.82 Å². The molecule has 1 N–H and O–H groups in total. The maximum atomic E-state index is 5.19. The lowest BCUT2D eigenvalue weighted by atomic mass is 9.64. The maximum Gasteiger partial charge on any atom is 0.222 e. The molecule has 3 aliphatic carbocycles. The molecule has 4 heteroatoms. The first-order valence-electron chi connectivity index (χ1n) is 10.6. The molecule has 3 saturated carbocycles. The van der Waals surface area contributed by atoms with E-state index in [0.717, 1.165) is 17.7 Å². The van der Waals surface area contributed by atoms with Gasteiger partial charge >= 0.3 is 0 Å². The number of nitrogens with zero attached hydrogens (tertiary/aromatic N) is 3. The normalized spacial score (nSPS) is 32.8. The predicted octanol–water partition coefficient (Wildman–Crippen LogP) is 4.97. The molecule has 0 bridgehead atoms. The van der Waals surface area contributed by atoms with Crippen molar-refractivity contribution in [2.45, 2.75) is 107 Å². The van der Waals surface area contributed by atoms with Gasteiger partial charge in [0.05, 0.1) is 5.54 Å². The van der Waals surface area contributed by atoms with Crippen molar-refractivity contribution in [3.63, 3.8) is 0 Å². The predicted molar refractivity (Wildman–Crippen MR) is 96.3 cm³/mol. The van der Waals surface area contributed by atoms with Gasteiger partial charge in [0, 0.05) is 17.9 Å². The highest BCUT2D eigenvalue weighted by Crippen LogP contribution is 2.51. The van der Waals surface area contributed by atoms with Crippen molar-refractivity contribution in [2.75, 3.05) is 5.32 Å². The van der Waals surface area contributed by atoms with Gasteiger partial charge in [-0.2, -0.15) is 10.1 Å². The summed E-state index contributed by atoms with van der Waals surface area (Å²) < 4.78 is 2.41. The van der Waals surface area contributed by atoms with Crippen LogP contribution in [-0.4, -0.2) is 20.8 Å². The molecule has 2 atom stereocenters. The van der Waals surface area contributed by atoms with E-state index >= 15 is 0 Å². The second-order valence-electron chi connectivity index (χ2n) is 8.85. The Bertz CT molecular complexity index is 580. The zero-order chi connectivity index (χ0) is 16.0. The number of hydrogen-bond acceptors (Lipinski definition) is 3. The molecule has 132 valence electrons. The number of aromatic nitrogens is 3. The average molecular weight is 329 g/mol. The third-order valence-electron chi connectivity index (χ3n) is 7.51. The Balaban J connectivity index is 1.54. The molecule has 1 aliphatic heterocycles. The van der Waals surface area contributed by atoms with Gasteiger partial charge in [0.25, 0.3) is 0 Å². The van der Waals surface area contributed by atoms with Gasteiger partial charge in [0.1, 0.15) is 0 Å². The van der Waals surface area contributed by atoms with Gasteiger partial charge in [-0.25, -0.2) is 4.68 Å². The largest absolute Gasteiger partial charge is 0.351 e. The lowest BCUT2D eigenvalue weighted by Crippen LogP contribution is -2.55. The third kappa shape index (κ3) is 2.32. The van der Waals surface area contributed by atoms with E-state index in [0.29, 0.717) is 12.0 Å². The molecule has 4 aliphatic rings. The molecule has 1 aromatic heterocycles. The Morgan fingerprint density at radius 2 is 1.54 bits per heavy atom. The summed E-state index contributed by atoms with van der Waals surface area (Å²) in [7, 11) is 0. The molecule has 0 amide bonds. The van der Waals surface area contributed by atoms with Gasteiger partial charge in [0.2, 0.25) is 5.95 Å². The Morgan fingerprint density at radius 3 is 2.38 bits per heavy atom. The summed E-state index contributed by atoms with van der Waals surface area (Å²) in [5, 5.41) is 9.00. The Hall–Kier alpha value is -1.06. The number of rotatable bonds is 1. The molecule has 1 spiro atoms. The highest BCUT2D eigenvalue weighted by atomic mass is 15.5. The molecule has 24 heavy (non-hydrogen) atoms. The first-order chi connectivity index (χ1) is 11.9. The van der Waals surface area contributed by atoms with Crippen molar-refractivity contribution in [1.82, 2.24) is 14.8 Å². The average Bonchev–Trinajstić information content (AvgIpc) is 3.09. The van der Waals surface area contributed by atoms with Crippen LogP contribution in [0.5, 0.6) is 0 Å². The van der Waals surface area contributed by atoms with Crippen molar-refractivity contribution >= 4 is 5.95 Å². The van der Waals surface area contributed by atoms with Crippen LogP contribution in [-0.2, 0) is 5.54 Å². The Labute approximate surface area is 145 Å². The second-order valence-corrected chi connectivity index (χ2v) is 8.85. The van der Waals surface area contributed by atoms with Gasteiger partial charge in [0.15, 0.2) is 5.82 Å². The quantitative estimate of drug-likeness (QED) is 0.791. The molecule has 5 rings (SSSR count). The fourth-order valence-corrected chi connectivity index (χ4v) is 6.28. The van der Waals surface area contributed by atoms with E-state index in [1.165, 1.54) is 89.9 Å². The van der Waals surface area contributed by atoms with Crippen molar-refractivity contribution in [1.29, 1.82) is 0 Å². The van der Waals surface area contributed by atoms with Gasteiger partial charge in [-0.05, 0) is 38.5 Å². The van der Waals surface area contributed by atoms with Crippen molar-refractivity contribution in [3.8, 4) is 0 Å². The number of hydrogen-bond donors (Lipinski definition) is 1. The summed E-state index contributed by atoms with van der Waals surface area (Å²) in [6, 6.07) is 0.646. The van der Waals surface area contributed by atoms with Crippen LogP contribution in [0.25, 0.3) is 0 Å². The Kier molecular flexibility index (Phi) is 3.82. The van der Waals surface area contributed by atoms with Crippen molar-refractivity contribution < 1.29 is 0 Å². The lowest BCUT2D eigenvalue weighted by molar-refractivity contribution is 0.0449. The minimum absolute atomic E-state index is 0.282. The minimum atomic E-state index is 0.282. The smallest absolute Gasteiger partial charge is 0.222 e. The van der Waals surface area contributed by atoms with Crippen LogP contribution in [0.15, 0.2) is 0 Å².